The molecule has 3 aliphatic heterocycles. The van der Waals surface area contributed by atoms with Gasteiger partial charge in [-0.15, -0.1) is 0 Å². The second-order valence-electron chi connectivity index (χ2n) is 9.14. The number of rotatable bonds is 2. The lowest BCUT2D eigenvalue weighted by Crippen LogP contribution is -2.48. The van der Waals surface area contributed by atoms with Crippen LogP contribution in [0.5, 0.6) is 0 Å². The van der Waals surface area contributed by atoms with Crippen molar-refractivity contribution in [3.8, 4) is 0 Å². The summed E-state index contributed by atoms with van der Waals surface area (Å²) in [5, 5.41) is 0. The third-order valence-electron chi connectivity index (χ3n) is 5.97. The van der Waals surface area contributed by atoms with Gasteiger partial charge in [-0.2, -0.15) is 0 Å². The number of anilines is 1. The van der Waals surface area contributed by atoms with Crippen molar-refractivity contribution in [2.75, 3.05) is 31.1 Å². The first-order chi connectivity index (χ1) is 13.3. The van der Waals surface area contributed by atoms with Crippen LogP contribution in [0.15, 0.2) is 24.3 Å². The van der Waals surface area contributed by atoms with E-state index in [2.05, 4.69) is 29.2 Å². The minimum Gasteiger partial charge on any atom is -0.444 e. The predicted octanol–water partition coefficient (Wildman–Crippen LogP) is 3.05. The van der Waals surface area contributed by atoms with Crippen molar-refractivity contribution in [3.63, 3.8) is 0 Å². The van der Waals surface area contributed by atoms with Crippen LogP contribution in [0, 0.1) is 0 Å². The summed E-state index contributed by atoms with van der Waals surface area (Å²) >= 11 is 0. The molecule has 2 amide bonds. The number of hydrogen-bond donors (Lipinski definition) is 0. The molecule has 3 heterocycles. The molecule has 0 saturated carbocycles. The number of para-hydroxylation sites is 1. The Balaban J connectivity index is 1.56. The van der Waals surface area contributed by atoms with Crippen LogP contribution in [0.3, 0.4) is 0 Å². The van der Waals surface area contributed by atoms with Crippen LogP contribution in [-0.2, 0) is 16.0 Å². The second kappa shape index (κ2) is 7.30. The molecule has 4 rings (SSSR count). The summed E-state index contributed by atoms with van der Waals surface area (Å²) in [5.41, 5.74) is 2.02. The maximum Gasteiger partial charge on any atom is 0.411 e. The van der Waals surface area contributed by atoms with Gasteiger partial charge in [0.1, 0.15) is 11.6 Å². The molecule has 0 unspecified atom stereocenters. The quantitative estimate of drug-likeness (QED) is 0.785. The minimum atomic E-state index is -0.573. The third-order valence-corrected chi connectivity index (χ3v) is 5.97. The van der Waals surface area contributed by atoms with E-state index in [0.29, 0.717) is 13.0 Å². The summed E-state index contributed by atoms with van der Waals surface area (Å²) in [6.45, 7) is 8.68. The predicted molar refractivity (Wildman–Crippen MR) is 108 cm³/mol. The van der Waals surface area contributed by atoms with Crippen LogP contribution in [0.1, 0.15) is 45.6 Å². The van der Waals surface area contributed by atoms with Crippen LogP contribution in [-0.4, -0.2) is 65.7 Å². The summed E-state index contributed by atoms with van der Waals surface area (Å²) in [6.07, 6.45) is 3.41. The van der Waals surface area contributed by atoms with Crippen LogP contribution < -0.4 is 4.90 Å². The molecule has 2 saturated heterocycles. The van der Waals surface area contributed by atoms with Gasteiger partial charge in [0, 0.05) is 37.9 Å². The lowest BCUT2D eigenvalue weighted by molar-refractivity contribution is -0.134. The van der Waals surface area contributed by atoms with Gasteiger partial charge in [0.05, 0.1) is 0 Å². The van der Waals surface area contributed by atoms with Crippen molar-refractivity contribution in [1.29, 1.82) is 0 Å². The average Bonchev–Trinajstić information content (AvgIpc) is 3.37. The Kier molecular flexibility index (Phi) is 4.98. The molecule has 0 aliphatic carbocycles. The number of likely N-dealkylation sites (tertiary alicyclic amines) is 2. The maximum atomic E-state index is 13.2. The van der Waals surface area contributed by atoms with E-state index in [1.54, 1.807) is 4.90 Å². The molecule has 3 aliphatic rings. The van der Waals surface area contributed by atoms with Crippen molar-refractivity contribution < 1.29 is 14.3 Å². The fraction of sp³-hybridized carbons (Fsp3) is 0.636. The summed E-state index contributed by atoms with van der Waals surface area (Å²) in [7, 11) is 0. The minimum absolute atomic E-state index is 0.0818. The highest BCUT2D eigenvalue weighted by molar-refractivity contribution is 5.87. The molecule has 0 spiro atoms. The molecule has 6 nitrogen and oxygen atoms in total. The first kappa shape index (κ1) is 19.1. The van der Waals surface area contributed by atoms with E-state index in [-0.39, 0.29) is 18.0 Å². The first-order valence-electron chi connectivity index (χ1n) is 10.5. The van der Waals surface area contributed by atoms with Gasteiger partial charge in [-0.3, -0.25) is 9.69 Å². The van der Waals surface area contributed by atoms with Crippen LogP contribution in [0.25, 0.3) is 0 Å². The monoisotopic (exact) mass is 385 g/mol. The molecular weight excluding hydrogens is 354 g/mol. The zero-order valence-electron chi connectivity index (χ0n) is 17.2. The number of ether oxygens (including phenoxy) is 1. The van der Waals surface area contributed by atoms with Gasteiger partial charge < -0.3 is 14.5 Å². The Morgan fingerprint density at radius 2 is 1.79 bits per heavy atom. The van der Waals surface area contributed by atoms with Gasteiger partial charge in [0.15, 0.2) is 0 Å². The number of amides is 2. The van der Waals surface area contributed by atoms with Crippen molar-refractivity contribution in [2.24, 2.45) is 0 Å². The number of carbonyl (C=O) groups is 2. The highest BCUT2D eigenvalue weighted by Crippen LogP contribution is 2.35. The molecular formula is C22H31N3O3. The van der Waals surface area contributed by atoms with Crippen LogP contribution in [0.4, 0.5) is 10.5 Å². The Morgan fingerprint density at radius 3 is 2.50 bits per heavy atom. The van der Waals surface area contributed by atoms with E-state index in [9.17, 15) is 9.59 Å². The van der Waals surface area contributed by atoms with E-state index in [1.807, 2.05) is 25.7 Å². The van der Waals surface area contributed by atoms with E-state index >= 15 is 0 Å². The Bertz CT molecular complexity index is 752. The highest BCUT2D eigenvalue weighted by Gasteiger charge is 2.45. The summed E-state index contributed by atoms with van der Waals surface area (Å²) < 4.78 is 5.64. The molecule has 1 aromatic carbocycles. The van der Waals surface area contributed by atoms with Crippen LogP contribution in [0.2, 0.25) is 0 Å². The molecule has 152 valence electrons. The molecule has 2 fully saturated rings. The second-order valence-corrected chi connectivity index (χ2v) is 9.14. The molecule has 1 aromatic rings. The Labute approximate surface area is 167 Å². The fourth-order valence-electron chi connectivity index (χ4n) is 4.69. The SMILES string of the molecule is CC(C)(C)OC(=O)N1C[C@@H](N2CCc3ccccc32)C[C@H]1C(=O)N1CCCC1. The number of fused-ring (bicyclic) bond motifs is 1. The van der Waals surface area contributed by atoms with E-state index < -0.39 is 11.6 Å². The number of nitrogens with zero attached hydrogens (tertiary/aromatic N) is 3. The lowest BCUT2D eigenvalue weighted by atomic mass is 10.1. The highest BCUT2D eigenvalue weighted by atomic mass is 16.6. The molecule has 0 N–H and O–H groups in total. The zero-order valence-corrected chi connectivity index (χ0v) is 17.2. The maximum absolute atomic E-state index is 13.2. The van der Waals surface area contributed by atoms with Crippen LogP contribution >= 0.6 is 0 Å². The van der Waals surface area contributed by atoms with Crippen molar-refractivity contribution >= 4 is 17.7 Å². The molecule has 28 heavy (non-hydrogen) atoms. The van der Waals surface area contributed by atoms with Crippen molar-refractivity contribution in [2.45, 2.75) is 64.1 Å². The van der Waals surface area contributed by atoms with Gasteiger partial charge in [-0.1, -0.05) is 18.2 Å². The van der Waals surface area contributed by atoms with Gasteiger partial charge in [-0.25, -0.2) is 4.79 Å². The largest absolute Gasteiger partial charge is 0.444 e. The van der Waals surface area contributed by atoms with Gasteiger partial charge in [-0.05, 0) is 58.1 Å². The van der Waals surface area contributed by atoms with E-state index in [1.165, 1.54) is 11.3 Å². The molecule has 0 bridgehead atoms. The molecule has 2 atom stereocenters. The molecule has 6 heteroatoms. The van der Waals surface area contributed by atoms with Gasteiger partial charge >= 0.3 is 6.09 Å². The normalized spacial score (nSPS) is 24.6. The van der Waals surface area contributed by atoms with Crippen molar-refractivity contribution in [1.82, 2.24) is 9.80 Å². The molecule has 0 radical (unpaired) electrons. The number of carbonyl (C=O) groups excluding carboxylic acids is 2. The summed E-state index contributed by atoms with van der Waals surface area (Å²) in [6, 6.07) is 8.17. The topological polar surface area (TPSA) is 53.1 Å². The van der Waals surface area contributed by atoms with Crippen molar-refractivity contribution in [3.05, 3.63) is 29.8 Å². The Morgan fingerprint density at radius 1 is 1.07 bits per heavy atom. The standard InChI is InChI=1S/C22H31N3O3/c1-22(2,3)28-21(27)25-15-17(14-19(25)20(26)23-11-6-7-12-23)24-13-10-16-8-4-5-9-18(16)24/h4-5,8-9,17,19H,6-7,10-15H2,1-3H3/t17-,19-/m0/s1. The third kappa shape index (κ3) is 3.69. The van der Waals surface area contributed by atoms with Gasteiger partial charge in [0.25, 0.3) is 0 Å². The first-order valence-corrected chi connectivity index (χ1v) is 10.5. The van der Waals surface area contributed by atoms with E-state index in [0.717, 1.165) is 38.9 Å². The smallest absolute Gasteiger partial charge is 0.411 e. The molecule has 0 aromatic heterocycles. The summed E-state index contributed by atoms with van der Waals surface area (Å²) in [5.74, 6) is 0.0818. The van der Waals surface area contributed by atoms with Gasteiger partial charge in [0.2, 0.25) is 5.91 Å². The fourth-order valence-corrected chi connectivity index (χ4v) is 4.69. The zero-order chi connectivity index (χ0) is 19.9. The summed E-state index contributed by atoms with van der Waals surface area (Å²) in [4.78, 5) is 32.1. The van der Waals surface area contributed by atoms with E-state index in [4.69, 9.17) is 4.74 Å². The lowest BCUT2D eigenvalue weighted by Gasteiger charge is -2.30. The number of benzene rings is 1. The number of hydrogen-bond acceptors (Lipinski definition) is 4. The average molecular weight is 386 g/mol. The Hall–Kier alpha value is -2.24.